The number of carbonyl (C=O) groups is 2. The van der Waals surface area contributed by atoms with E-state index in [9.17, 15) is 14.7 Å². The van der Waals surface area contributed by atoms with Crippen LogP contribution in [0.1, 0.15) is 29.1 Å². The van der Waals surface area contributed by atoms with Crippen molar-refractivity contribution in [1.29, 1.82) is 0 Å². The number of amides is 1. The normalized spacial score (nSPS) is 15.3. The summed E-state index contributed by atoms with van der Waals surface area (Å²) in [4.78, 5) is 32.8. The highest BCUT2D eigenvalue weighted by Gasteiger charge is 2.46. The molecule has 5 rings (SSSR count). The van der Waals surface area contributed by atoms with Gasteiger partial charge in [0.25, 0.3) is 5.91 Å². The molecule has 0 fully saturated rings. The maximum Gasteiger partial charge on any atom is 0.296 e. The van der Waals surface area contributed by atoms with Gasteiger partial charge in [-0.3, -0.25) is 14.5 Å². The lowest BCUT2D eigenvalue weighted by molar-refractivity contribution is -0.117. The van der Waals surface area contributed by atoms with E-state index in [1.54, 1.807) is 60.1 Å². The fourth-order valence-corrected chi connectivity index (χ4v) is 5.02. The number of hydrogen-bond donors (Lipinski definition) is 1. The topological polar surface area (TPSA) is 111 Å². The molecule has 2 aromatic carbocycles. The Morgan fingerprint density at radius 2 is 2.05 bits per heavy atom. The molecule has 1 unspecified atom stereocenters. The number of fused-ring (bicyclic) bond motifs is 1. The molecule has 10 heteroatoms. The van der Waals surface area contributed by atoms with Crippen LogP contribution in [0.3, 0.4) is 0 Å². The Morgan fingerprint density at radius 3 is 2.76 bits per heavy atom. The molecule has 4 aromatic rings. The number of aliphatic hydroxyl groups is 1. The zero-order valence-electron chi connectivity index (χ0n) is 20.7. The monoisotopic (exact) mass is 532 g/mol. The van der Waals surface area contributed by atoms with E-state index in [1.165, 1.54) is 23.3 Å². The second-order valence-corrected chi connectivity index (χ2v) is 9.08. The van der Waals surface area contributed by atoms with Gasteiger partial charge in [0.15, 0.2) is 39.5 Å². The van der Waals surface area contributed by atoms with Crippen LogP contribution in [0.4, 0.5) is 5.13 Å². The number of anilines is 1. The van der Waals surface area contributed by atoms with E-state index in [0.717, 1.165) is 0 Å². The minimum atomic E-state index is -0.996. The van der Waals surface area contributed by atoms with Gasteiger partial charge in [-0.05, 0) is 36.8 Å². The highest BCUT2D eigenvalue weighted by Crippen LogP contribution is 2.45. The molecule has 38 heavy (non-hydrogen) atoms. The molecular weight excluding hydrogens is 508 g/mol. The maximum absolute atomic E-state index is 13.9. The standard InChI is InChI=1S/C28H24N2O7S/c1-4-12-36-18-10-9-16(14-20(18)35-5-2)23-22(25(32)27(33)30(23)28-29-11-13-38-28)24(31)21-15-17-7-6-8-19(34-3)26(17)37-21/h4,6-11,13-15,23,32H,1,5,12H2,2-3H3. The number of benzene rings is 2. The van der Waals surface area contributed by atoms with Gasteiger partial charge in [-0.2, -0.15) is 0 Å². The van der Waals surface area contributed by atoms with E-state index in [1.807, 2.05) is 6.92 Å². The summed E-state index contributed by atoms with van der Waals surface area (Å²) in [5, 5.41) is 13.7. The van der Waals surface area contributed by atoms with E-state index in [4.69, 9.17) is 18.6 Å². The molecule has 9 nitrogen and oxygen atoms in total. The Balaban J connectivity index is 1.64. The quantitative estimate of drug-likeness (QED) is 0.206. The third-order valence-corrected chi connectivity index (χ3v) is 6.74. The number of hydrogen-bond acceptors (Lipinski definition) is 9. The summed E-state index contributed by atoms with van der Waals surface area (Å²) in [6.07, 6.45) is 3.16. The van der Waals surface area contributed by atoms with Gasteiger partial charge in [0.1, 0.15) is 6.61 Å². The summed E-state index contributed by atoms with van der Waals surface area (Å²) >= 11 is 1.21. The van der Waals surface area contributed by atoms with Crippen LogP contribution >= 0.6 is 11.3 Å². The predicted octanol–water partition coefficient (Wildman–Crippen LogP) is 5.64. The third-order valence-electron chi connectivity index (χ3n) is 5.97. The van der Waals surface area contributed by atoms with E-state index < -0.39 is 23.5 Å². The van der Waals surface area contributed by atoms with Crippen molar-refractivity contribution in [3.63, 3.8) is 0 Å². The van der Waals surface area contributed by atoms with Crippen LogP contribution in [-0.2, 0) is 4.79 Å². The van der Waals surface area contributed by atoms with Crippen molar-refractivity contribution in [2.75, 3.05) is 25.2 Å². The first-order valence-electron chi connectivity index (χ1n) is 11.8. The lowest BCUT2D eigenvalue weighted by Crippen LogP contribution is -2.31. The average molecular weight is 533 g/mol. The number of rotatable bonds is 10. The van der Waals surface area contributed by atoms with Crippen LogP contribution in [0, 0.1) is 0 Å². The molecule has 1 N–H and O–H groups in total. The second-order valence-electron chi connectivity index (χ2n) is 8.21. The molecule has 0 spiro atoms. The molecule has 2 aromatic heterocycles. The first-order valence-corrected chi connectivity index (χ1v) is 12.6. The molecule has 1 aliphatic rings. The van der Waals surface area contributed by atoms with Gasteiger partial charge in [-0.1, -0.05) is 30.9 Å². The molecule has 0 aliphatic carbocycles. The largest absolute Gasteiger partial charge is 0.503 e. The van der Waals surface area contributed by atoms with Gasteiger partial charge in [0.2, 0.25) is 5.78 Å². The number of thiazole rings is 1. The van der Waals surface area contributed by atoms with Crippen molar-refractivity contribution >= 4 is 39.1 Å². The zero-order chi connectivity index (χ0) is 26.8. The van der Waals surface area contributed by atoms with Gasteiger partial charge in [0.05, 0.1) is 25.3 Å². The number of Topliss-reactive ketones (excluding diaryl/α,β-unsaturated/α-hetero) is 1. The maximum atomic E-state index is 13.9. The van der Waals surface area contributed by atoms with Crippen molar-refractivity contribution in [3.8, 4) is 17.2 Å². The Labute approximate surface area is 222 Å². The number of para-hydroxylation sites is 1. The number of ether oxygens (including phenoxy) is 3. The fourth-order valence-electron chi connectivity index (χ4n) is 4.36. The van der Waals surface area contributed by atoms with Crippen molar-refractivity contribution in [2.24, 2.45) is 0 Å². The lowest BCUT2D eigenvalue weighted by Gasteiger charge is -2.25. The van der Waals surface area contributed by atoms with Gasteiger partial charge in [0, 0.05) is 17.0 Å². The summed E-state index contributed by atoms with van der Waals surface area (Å²) in [7, 11) is 1.50. The zero-order valence-corrected chi connectivity index (χ0v) is 21.5. The average Bonchev–Trinajstić information content (AvgIpc) is 3.66. The van der Waals surface area contributed by atoms with Crippen molar-refractivity contribution < 1.29 is 33.3 Å². The van der Waals surface area contributed by atoms with Crippen LogP contribution in [0.2, 0.25) is 0 Å². The summed E-state index contributed by atoms with van der Waals surface area (Å²) in [6.45, 7) is 6.14. The SMILES string of the molecule is C=CCOc1ccc(C2C(C(=O)c3cc4cccc(OC)c4o3)=C(O)C(=O)N2c2nccs2)cc1OCC. The molecule has 0 saturated carbocycles. The third kappa shape index (κ3) is 4.28. The first-order chi connectivity index (χ1) is 18.5. The van der Waals surface area contributed by atoms with Crippen molar-refractivity contribution in [3.05, 3.63) is 89.4 Å². The Bertz CT molecular complexity index is 1550. The smallest absolute Gasteiger partial charge is 0.296 e. The Hall–Kier alpha value is -4.57. The van der Waals surface area contributed by atoms with Gasteiger partial charge < -0.3 is 23.7 Å². The number of aromatic nitrogens is 1. The summed E-state index contributed by atoms with van der Waals surface area (Å²) in [5.41, 5.74) is 0.771. The van der Waals surface area contributed by atoms with Crippen LogP contribution in [0.5, 0.6) is 17.2 Å². The second kappa shape index (κ2) is 10.4. The molecule has 0 saturated heterocycles. The van der Waals surface area contributed by atoms with Gasteiger partial charge in [-0.25, -0.2) is 4.98 Å². The van der Waals surface area contributed by atoms with Crippen LogP contribution in [0.15, 0.2) is 82.4 Å². The number of aliphatic hydroxyl groups excluding tert-OH is 1. The van der Waals surface area contributed by atoms with Crippen molar-refractivity contribution in [1.82, 2.24) is 4.98 Å². The number of furan rings is 1. The Morgan fingerprint density at radius 1 is 1.21 bits per heavy atom. The van der Waals surface area contributed by atoms with E-state index in [0.29, 0.717) is 45.5 Å². The molecule has 0 radical (unpaired) electrons. The van der Waals surface area contributed by atoms with Crippen LogP contribution < -0.4 is 19.1 Å². The molecule has 1 amide bonds. The molecular formula is C28H24N2O7S. The van der Waals surface area contributed by atoms with Gasteiger partial charge >= 0.3 is 0 Å². The summed E-state index contributed by atoms with van der Waals surface area (Å²) in [6, 6.07) is 10.9. The number of methoxy groups -OCH3 is 1. The van der Waals surface area contributed by atoms with E-state index in [2.05, 4.69) is 11.6 Å². The minimum Gasteiger partial charge on any atom is -0.503 e. The Kier molecular flexibility index (Phi) is 6.89. The molecule has 3 heterocycles. The predicted molar refractivity (Wildman–Crippen MR) is 142 cm³/mol. The number of ketones is 1. The van der Waals surface area contributed by atoms with E-state index in [-0.39, 0.29) is 17.9 Å². The van der Waals surface area contributed by atoms with Gasteiger partial charge in [-0.15, -0.1) is 11.3 Å². The van der Waals surface area contributed by atoms with Crippen molar-refractivity contribution in [2.45, 2.75) is 13.0 Å². The van der Waals surface area contributed by atoms with Crippen LogP contribution in [-0.4, -0.2) is 42.1 Å². The molecule has 1 atom stereocenters. The fraction of sp³-hybridized carbons (Fsp3) is 0.179. The highest BCUT2D eigenvalue weighted by atomic mass is 32.1. The molecule has 194 valence electrons. The number of carbonyl (C=O) groups excluding carboxylic acids is 2. The molecule has 1 aliphatic heterocycles. The first kappa shape index (κ1) is 25.1. The molecule has 0 bridgehead atoms. The highest BCUT2D eigenvalue weighted by molar-refractivity contribution is 7.13. The minimum absolute atomic E-state index is 0.0409. The lowest BCUT2D eigenvalue weighted by atomic mass is 9.95. The summed E-state index contributed by atoms with van der Waals surface area (Å²) < 4.78 is 22.7. The van der Waals surface area contributed by atoms with E-state index >= 15 is 0 Å². The summed E-state index contributed by atoms with van der Waals surface area (Å²) in [5.74, 6) is -0.737. The number of nitrogens with zero attached hydrogens (tertiary/aromatic N) is 2. The van der Waals surface area contributed by atoms with Crippen LogP contribution in [0.25, 0.3) is 11.0 Å².